The Morgan fingerprint density at radius 1 is 1.64 bits per heavy atom. The Morgan fingerprint density at radius 2 is 2.27 bits per heavy atom. The minimum absolute atomic E-state index is 0.261. The maximum absolute atomic E-state index is 10.7. The smallest absolute Gasteiger partial charge is 0.332 e. The third kappa shape index (κ3) is 6.64. The lowest BCUT2D eigenvalue weighted by atomic mass is 10.6. The number of nitrogens with zero attached hydrogens (tertiary/aromatic N) is 1. The van der Waals surface area contributed by atoms with Gasteiger partial charge in [0.15, 0.2) is 0 Å². The van der Waals surface area contributed by atoms with Crippen LogP contribution < -0.4 is 0 Å². The molecule has 0 amide bonds. The summed E-state index contributed by atoms with van der Waals surface area (Å²) in [5, 5.41) is 0. The van der Waals surface area contributed by atoms with E-state index >= 15 is 0 Å². The molecule has 0 aliphatic carbocycles. The molecule has 0 radical (unpaired) electrons. The number of ether oxygens (including phenoxy) is 1. The highest BCUT2D eigenvalue weighted by atomic mass is 16.5. The predicted molar refractivity (Wildman–Crippen MR) is 44.0 cm³/mol. The van der Waals surface area contributed by atoms with Gasteiger partial charge in [-0.1, -0.05) is 12.7 Å². The van der Waals surface area contributed by atoms with Crippen LogP contribution in [0.1, 0.15) is 0 Å². The van der Waals surface area contributed by atoms with Crippen molar-refractivity contribution in [3.8, 4) is 0 Å². The van der Waals surface area contributed by atoms with E-state index in [1.54, 1.807) is 11.1 Å². The summed E-state index contributed by atoms with van der Waals surface area (Å²) in [5.41, 5.74) is 0. The van der Waals surface area contributed by atoms with E-state index in [0.717, 1.165) is 0 Å². The third-order valence-corrected chi connectivity index (χ3v) is 0.852. The van der Waals surface area contributed by atoms with Crippen LogP contribution in [0.15, 0.2) is 24.9 Å². The molecule has 0 aromatic carbocycles. The summed E-state index contributed by atoms with van der Waals surface area (Å²) in [7, 11) is 3.66. The fourth-order valence-electron chi connectivity index (χ4n) is 0.399. The molecule has 3 heteroatoms. The van der Waals surface area contributed by atoms with E-state index in [1.807, 2.05) is 14.1 Å². The van der Waals surface area contributed by atoms with Crippen molar-refractivity contribution in [3.05, 3.63) is 24.9 Å². The van der Waals surface area contributed by atoms with Gasteiger partial charge >= 0.3 is 5.97 Å². The van der Waals surface area contributed by atoms with E-state index in [-0.39, 0.29) is 12.6 Å². The molecule has 0 unspecified atom stereocenters. The van der Waals surface area contributed by atoms with Gasteiger partial charge in [0.2, 0.25) is 0 Å². The van der Waals surface area contributed by atoms with Crippen molar-refractivity contribution < 1.29 is 9.53 Å². The quantitative estimate of drug-likeness (QED) is 0.341. The molecule has 0 saturated heterocycles. The van der Waals surface area contributed by atoms with Gasteiger partial charge in [-0.3, -0.25) is 0 Å². The number of carbonyl (C=O) groups excluding carboxylic acids is 1. The highest BCUT2D eigenvalue weighted by Crippen LogP contribution is 1.83. The minimum atomic E-state index is -0.349. The molecular formula is C8H13NO2. The lowest BCUT2D eigenvalue weighted by molar-refractivity contribution is -0.136. The van der Waals surface area contributed by atoms with Crippen molar-refractivity contribution in [3.63, 3.8) is 0 Å². The highest BCUT2D eigenvalue weighted by molar-refractivity contribution is 5.81. The Hall–Kier alpha value is -1.25. The average molecular weight is 155 g/mol. The molecule has 0 spiro atoms. The lowest BCUT2D eigenvalue weighted by Crippen LogP contribution is -2.05. The molecule has 0 rings (SSSR count). The van der Waals surface area contributed by atoms with Crippen molar-refractivity contribution in [2.24, 2.45) is 0 Å². The Bertz CT molecular complexity index is 161. The Labute approximate surface area is 66.9 Å². The standard InChI is InChI=1S/C8H13NO2/c1-4-7-11-8(10)5-6-9(2)3/h4-6H,1,7H2,2-3H3/b6-5+. The Kier molecular flexibility index (Phi) is 4.90. The van der Waals surface area contributed by atoms with Gasteiger partial charge in [-0.05, 0) is 0 Å². The minimum Gasteiger partial charge on any atom is -0.458 e. The lowest BCUT2D eigenvalue weighted by Gasteiger charge is -2.02. The van der Waals surface area contributed by atoms with Gasteiger partial charge in [-0.15, -0.1) is 0 Å². The van der Waals surface area contributed by atoms with E-state index in [9.17, 15) is 4.79 Å². The largest absolute Gasteiger partial charge is 0.458 e. The molecule has 0 saturated carbocycles. The van der Waals surface area contributed by atoms with Gasteiger partial charge in [0.1, 0.15) is 6.61 Å². The fraction of sp³-hybridized carbons (Fsp3) is 0.375. The maximum Gasteiger partial charge on any atom is 0.332 e. The number of hydrogen-bond donors (Lipinski definition) is 0. The van der Waals surface area contributed by atoms with Crippen LogP contribution in [-0.4, -0.2) is 31.6 Å². The topological polar surface area (TPSA) is 29.5 Å². The second-order valence-electron chi connectivity index (χ2n) is 2.20. The van der Waals surface area contributed by atoms with E-state index in [4.69, 9.17) is 0 Å². The molecule has 0 aliphatic heterocycles. The zero-order valence-corrected chi connectivity index (χ0v) is 6.91. The molecule has 0 fully saturated rings. The van der Waals surface area contributed by atoms with Crippen LogP contribution in [0.4, 0.5) is 0 Å². The summed E-state index contributed by atoms with van der Waals surface area (Å²) in [6.07, 6.45) is 4.52. The molecular weight excluding hydrogens is 142 g/mol. The Balaban J connectivity index is 3.59. The SMILES string of the molecule is C=CCOC(=O)/C=C/N(C)C. The van der Waals surface area contributed by atoms with E-state index < -0.39 is 0 Å². The highest BCUT2D eigenvalue weighted by Gasteiger charge is 1.92. The summed E-state index contributed by atoms with van der Waals surface area (Å²) in [6.45, 7) is 3.68. The molecule has 0 bridgehead atoms. The average Bonchev–Trinajstić information content (AvgIpc) is 1.97. The molecule has 0 aliphatic rings. The molecule has 0 aromatic heterocycles. The summed E-state index contributed by atoms with van der Waals surface area (Å²) in [4.78, 5) is 12.5. The third-order valence-electron chi connectivity index (χ3n) is 0.852. The van der Waals surface area contributed by atoms with Crippen LogP contribution in [0.2, 0.25) is 0 Å². The monoisotopic (exact) mass is 155 g/mol. The second-order valence-corrected chi connectivity index (χ2v) is 2.20. The molecule has 62 valence electrons. The summed E-state index contributed by atoms with van der Waals surface area (Å²) in [6, 6.07) is 0. The molecule has 0 aromatic rings. The van der Waals surface area contributed by atoms with Crippen molar-refractivity contribution in [2.75, 3.05) is 20.7 Å². The number of rotatable bonds is 4. The molecule has 0 N–H and O–H groups in total. The van der Waals surface area contributed by atoms with Crippen LogP contribution in [-0.2, 0) is 9.53 Å². The van der Waals surface area contributed by atoms with E-state index in [1.165, 1.54) is 12.2 Å². The van der Waals surface area contributed by atoms with E-state index in [0.29, 0.717) is 0 Å². The van der Waals surface area contributed by atoms with Crippen LogP contribution >= 0.6 is 0 Å². The van der Waals surface area contributed by atoms with Gasteiger partial charge < -0.3 is 9.64 Å². The van der Waals surface area contributed by atoms with Gasteiger partial charge in [0, 0.05) is 26.4 Å². The van der Waals surface area contributed by atoms with Crippen LogP contribution in [0.25, 0.3) is 0 Å². The van der Waals surface area contributed by atoms with Crippen molar-refractivity contribution in [2.45, 2.75) is 0 Å². The Morgan fingerprint density at radius 3 is 2.73 bits per heavy atom. The molecule has 0 atom stereocenters. The van der Waals surface area contributed by atoms with Crippen molar-refractivity contribution >= 4 is 5.97 Å². The zero-order chi connectivity index (χ0) is 8.69. The van der Waals surface area contributed by atoms with Gasteiger partial charge in [-0.25, -0.2) is 4.79 Å². The zero-order valence-electron chi connectivity index (χ0n) is 6.91. The number of esters is 1. The van der Waals surface area contributed by atoms with Gasteiger partial charge in [0.25, 0.3) is 0 Å². The van der Waals surface area contributed by atoms with Crippen LogP contribution in [0.3, 0.4) is 0 Å². The van der Waals surface area contributed by atoms with Crippen LogP contribution in [0.5, 0.6) is 0 Å². The van der Waals surface area contributed by atoms with Gasteiger partial charge in [0.05, 0.1) is 0 Å². The second kappa shape index (κ2) is 5.53. The van der Waals surface area contributed by atoms with E-state index in [2.05, 4.69) is 11.3 Å². The first-order valence-corrected chi connectivity index (χ1v) is 3.29. The first-order chi connectivity index (χ1) is 5.16. The number of hydrogen-bond acceptors (Lipinski definition) is 3. The normalized spacial score (nSPS) is 9.64. The molecule has 0 heterocycles. The molecule has 3 nitrogen and oxygen atoms in total. The van der Waals surface area contributed by atoms with Crippen molar-refractivity contribution in [1.82, 2.24) is 4.90 Å². The summed E-state index contributed by atoms with van der Waals surface area (Å²) < 4.78 is 4.67. The van der Waals surface area contributed by atoms with Crippen LogP contribution in [0, 0.1) is 0 Å². The molecule has 11 heavy (non-hydrogen) atoms. The first-order valence-electron chi connectivity index (χ1n) is 3.29. The van der Waals surface area contributed by atoms with Crippen molar-refractivity contribution in [1.29, 1.82) is 0 Å². The maximum atomic E-state index is 10.7. The predicted octanol–water partition coefficient (Wildman–Crippen LogP) is 0.791. The number of carbonyl (C=O) groups is 1. The first kappa shape index (κ1) is 9.75. The summed E-state index contributed by atoms with van der Waals surface area (Å²) in [5.74, 6) is -0.349. The summed E-state index contributed by atoms with van der Waals surface area (Å²) >= 11 is 0. The fourth-order valence-corrected chi connectivity index (χ4v) is 0.399. The van der Waals surface area contributed by atoms with Gasteiger partial charge in [-0.2, -0.15) is 0 Å².